The van der Waals surface area contributed by atoms with Crippen LogP contribution in [0.25, 0.3) is 27.5 Å². The molecule has 0 aliphatic carbocycles. The number of thiophene rings is 1. The molecule has 0 saturated heterocycles. The molecular weight excluding hydrogens is 418 g/mol. The number of nitrogens with zero attached hydrogens (tertiary/aromatic N) is 4. The van der Waals surface area contributed by atoms with Gasteiger partial charge < -0.3 is 4.42 Å². The van der Waals surface area contributed by atoms with Gasteiger partial charge in [-0.15, -0.1) is 16.4 Å². The van der Waals surface area contributed by atoms with Gasteiger partial charge >= 0.3 is 0 Å². The van der Waals surface area contributed by atoms with E-state index in [4.69, 9.17) is 4.42 Å². The van der Waals surface area contributed by atoms with Crippen LogP contribution in [0.5, 0.6) is 0 Å². The Bertz CT molecular complexity index is 1380. The zero-order valence-electron chi connectivity index (χ0n) is 16.2. The van der Waals surface area contributed by atoms with Gasteiger partial charge in [0, 0.05) is 11.3 Å². The first kappa shape index (κ1) is 18.8. The van der Waals surface area contributed by atoms with Crippen LogP contribution in [-0.2, 0) is 5.75 Å². The zero-order valence-corrected chi connectivity index (χ0v) is 17.9. The van der Waals surface area contributed by atoms with Gasteiger partial charge in [-0.1, -0.05) is 35.5 Å². The van der Waals surface area contributed by atoms with Crippen LogP contribution in [0, 0.1) is 13.8 Å². The molecule has 150 valence electrons. The van der Waals surface area contributed by atoms with Crippen LogP contribution in [0.3, 0.4) is 0 Å². The maximum absolute atomic E-state index is 12.2. The molecule has 0 aliphatic rings. The van der Waals surface area contributed by atoms with Crippen LogP contribution in [0.2, 0.25) is 0 Å². The summed E-state index contributed by atoms with van der Waals surface area (Å²) >= 11 is 3.03. The van der Waals surface area contributed by atoms with Crippen LogP contribution in [0.1, 0.15) is 17.0 Å². The van der Waals surface area contributed by atoms with Gasteiger partial charge in [0.25, 0.3) is 5.56 Å². The maximum Gasteiger partial charge on any atom is 0.290 e. The highest BCUT2D eigenvalue weighted by Crippen LogP contribution is 2.28. The molecule has 30 heavy (non-hydrogen) atoms. The van der Waals surface area contributed by atoms with E-state index in [2.05, 4.69) is 20.3 Å². The summed E-state index contributed by atoms with van der Waals surface area (Å²) in [4.78, 5) is 17.9. The van der Waals surface area contributed by atoms with E-state index >= 15 is 0 Å². The van der Waals surface area contributed by atoms with Gasteiger partial charge in [-0.25, -0.2) is 14.6 Å². The number of aromatic nitrogens is 5. The summed E-state index contributed by atoms with van der Waals surface area (Å²) in [6.45, 7) is 3.95. The predicted molar refractivity (Wildman–Crippen MR) is 118 cm³/mol. The summed E-state index contributed by atoms with van der Waals surface area (Å²) in [5.74, 6) is 1.91. The van der Waals surface area contributed by atoms with E-state index in [9.17, 15) is 4.79 Å². The highest BCUT2D eigenvalue weighted by molar-refractivity contribution is 7.98. The number of H-pyrrole nitrogens is 1. The molecule has 0 atom stereocenters. The lowest BCUT2D eigenvalue weighted by molar-refractivity contribution is 0.540. The summed E-state index contributed by atoms with van der Waals surface area (Å²) in [6, 6.07) is 13.8. The molecule has 0 radical (unpaired) electrons. The number of thioether (sulfide) groups is 1. The number of hydrogen-bond acceptors (Lipinski definition) is 7. The van der Waals surface area contributed by atoms with Crippen LogP contribution in [-0.4, -0.2) is 24.8 Å². The van der Waals surface area contributed by atoms with Crippen LogP contribution >= 0.6 is 23.1 Å². The number of oxazole rings is 1. The minimum atomic E-state index is -0.270. The molecule has 0 bridgehead atoms. The van der Waals surface area contributed by atoms with Crippen LogP contribution in [0.15, 0.2) is 62.2 Å². The Balaban J connectivity index is 1.43. The van der Waals surface area contributed by atoms with Crippen molar-refractivity contribution < 1.29 is 4.42 Å². The molecule has 1 N–H and O–H groups in total. The molecule has 0 aliphatic heterocycles. The zero-order chi connectivity index (χ0) is 20.7. The summed E-state index contributed by atoms with van der Waals surface area (Å²) < 4.78 is 7.46. The third kappa shape index (κ3) is 3.46. The topological polar surface area (TPSA) is 89.1 Å². The molecule has 7 nitrogen and oxygen atoms in total. The molecule has 0 spiro atoms. The highest BCUT2D eigenvalue weighted by atomic mass is 32.2. The van der Waals surface area contributed by atoms with Crippen LogP contribution < -0.4 is 5.56 Å². The van der Waals surface area contributed by atoms with Crippen molar-refractivity contribution >= 4 is 28.6 Å². The lowest BCUT2D eigenvalue weighted by Gasteiger charge is -2.01. The maximum atomic E-state index is 12.2. The van der Waals surface area contributed by atoms with Crippen molar-refractivity contribution in [2.24, 2.45) is 0 Å². The van der Waals surface area contributed by atoms with E-state index in [-0.39, 0.29) is 5.56 Å². The van der Waals surface area contributed by atoms with Gasteiger partial charge in [-0.2, -0.15) is 5.10 Å². The van der Waals surface area contributed by atoms with Gasteiger partial charge in [0.2, 0.25) is 11.0 Å². The summed E-state index contributed by atoms with van der Waals surface area (Å²) in [6.07, 6.45) is 0. The first-order chi connectivity index (χ1) is 14.6. The molecule has 5 rings (SSSR count). The SMILES string of the molecule is Cc1ccc(-c2nc(CSc3n[nH]c(=O)c4cc(-c5cccs5)nn34)c(C)o2)cc1. The van der Waals surface area contributed by atoms with Crippen molar-refractivity contribution in [1.29, 1.82) is 0 Å². The second kappa shape index (κ2) is 7.58. The minimum Gasteiger partial charge on any atom is -0.441 e. The van der Waals surface area contributed by atoms with Crippen molar-refractivity contribution in [3.8, 4) is 22.0 Å². The Morgan fingerprint density at radius 3 is 2.80 bits per heavy atom. The largest absolute Gasteiger partial charge is 0.441 e. The fraction of sp³-hybridized carbons (Fsp3) is 0.143. The van der Waals surface area contributed by atoms with Crippen molar-refractivity contribution in [2.45, 2.75) is 24.8 Å². The number of hydrogen-bond donors (Lipinski definition) is 1. The molecule has 4 aromatic heterocycles. The molecule has 0 unspecified atom stereocenters. The fourth-order valence-corrected chi connectivity index (χ4v) is 4.63. The number of rotatable bonds is 5. The van der Waals surface area contributed by atoms with E-state index in [1.807, 2.05) is 55.6 Å². The molecule has 1 aromatic carbocycles. The molecule has 4 heterocycles. The average molecular weight is 436 g/mol. The normalized spacial score (nSPS) is 11.4. The number of benzene rings is 1. The standard InChI is InChI=1S/C21H17N5O2S2/c1-12-5-7-14(8-6-12)20-22-16(13(2)28-20)11-30-21-24-23-19(27)17-10-15(25-26(17)21)18-4-3-9-29-18/h3-10H,11H2,1-2H3,(H,23,27). The summed E-state index contributed by atoms with van der Waals surface area (Å²) in [5, 5.41) is 13.9. The van der Waals surface area contributed by atoms with Crippen molar-refractivity contribution in [2.75, 3.05) is 0 Å². The third-order valence-corrected chi connectivity index (χ3v) is 6.51. The third-order valence-electron chi connectivity index (χ3n) is 4.68. The molecule has 5 aromatic rings. The average Bonchev–Trinajstić information content (AvgIpc) is 3.48. The Hall–Kier alpha value is -3.17. The number of aromatic amines is 1. The quantitative estimate of drug-likeness (QED) is 0.402. The van der Waals surface area contributed by atoms with Crippen molar-refractivity contribution in [3.63, 3.8) is 0 Å². The van der Waals surface area contributed by atoms with Crippen molar-refractivity contribution in [3.05, 3.63) is 75.2 Å². The molecular formula is C21H17N5O2S2. The van der Waals surface area contributed by atoms with Gasteiger partial charge in [-0.3, -0.25) is 4.79 Å². The Morgan fingerprint density at radius 1 is 1.20 bits per heavy atom. The fourth-order valence-electron chi connectivity index (χ4n) is 3.04. The minimum absolute atomic E-state index is 0.270. The molecule has 0 amide bonds. The van der Waals surface area contributed by atoms with E-state index in [0.717, 1.165) is 27.6 Å². The number of nitrogens with one attached hydrogen (secondary N) is 1. The monoisotopic (exact) mass is 435 g/mol. The second-order valence-corrected chi connectivity index (χ2v) is 8.71. The predicted octanol–water partition coefficient (Wildman–Crippen LogP) is 4.71. The Labute approximate surface area is 179 Å². The molecule has 0 saturated carbocycles. The number of aryl methyl sites for hydroxylation is 2. The highest BCUT2D eigenvalue weighted by Gasteiger charge is 2.16. The van der Waals surface area contributed by atoms with Gasteiger partial charge in [0.1, 0.15) is 17.0 Å². The van der Waals surface area contributed by atoms with Gasteiger partial charge in [0.05, 0.1) is 10.6 Å². The van der Waals surface area contributed by atoms with E-state index in [1.54, 1.807) is 21.9 Å². The Morgan fingerprint density at radius 2 is 2.03 bits per heavy atom. The smallest absolute Gasteiger partial charge is 0.290 e. The molecule has 0 fully saturated rings. The van der Waals surface area contributed by atoms with Gasteiger partial charge in [0.15, 0.2) is 0 Å². The Kier molecular flexibility index (Phi) is 4.76. The summed E-state index contributed by atoms with van der Waals surface area (Å²) in [7, 11) is 0. The van der Waals surface area contributed by atoms with Crippen molar-refractivity contribution in [1.82, 2.24) is 24.8 Å². The van der Waals surface area contributed by atoms with E-state index in [1.165, 1.54) is 17.3 Å². The number of fused-ring (bicyclic) bond motifs is 1. The lowest BCUT2D eigenvalue weighted by atomic mass is 10.1. The first-order valence-electron chi connectivity index (χ1n) is 9.27. The molecule has 9 heteroatoms. The van der Waals surface area contributed by atoms with E-state index < -0.39 is 0 Å². The van der Waals surface area contributed by atoms with Gasteiger partial charge in [-0.05, 0) is 43.5 Å². The van der Waals surface area contributed by atoms with Crippen LogP contribution in [0.4, 0.5) is 0 Å². The first-order valence-corrected chi connectivity index (χ1v) is 11.1. The lowest BCUT2D eigenvalue weighted by Crippen LogP contribution is -2.13. The van der Waals surface area contributed by atoms with E-state index in [0.29, 0.717) is 22.3 Å². The summed E-state index contributed by atoms with van der Waals surface area (Å²) in [5.41, 5.74) is 3.92. The second-order valence-electron chi connectivity index (χ2n) is 6.82.